The molecule has 0 bridgehead atoms. The lowest BCUT2D eigenvalue weighted by molar-refractivity contribution is -0.0965. The minimum Gasteiger partial charge on any atom is -0.389 e. The molecule has 1 aliphatic heterocycles. The number of hydrogen-bond donors (Lipinski definition) is 1. The maximum Gasteiger partial charge on any atom is 0.0715 e. The Balaban J connectivity index is 2.05. The second-order valence-electron chi connectivity index (χ2n) is 6.67. The highest BCUT2D eigenvalue weighted by Gasteiger charge is 2.36. The Kier molecular flexibility index (Phi) is 4.66. The number of aryl methyl sites for hydroxylation is 1. The first kappa shape index (κ1) is 15.3. The van der Waals surface area contributed by atoms with Gasteiger partial charge < -0.3 is 9.84 Å². The molecule has 2 rings (SSSR count). The molecular weight excluding hydrogens is 248 g/mol. The van der Waals surface area contributed by atoms with Gasteiger partial charge >= 0.3 is 0 Å². The number of benzene rings is 1. The van der Waals surface area contributed by atoms with Crippen LogP contribution in [0.2, 0.25) is 0 Å². The number of aliphatic hydroxyl groups is 1. The van der Waals surface area contributed by atoms with E-state index in [1.807, 2.05) is 18.2 Å². The van der Waals surface area contributed by atoms with Crippen molar-refractivity contribution in [3.05, 3.63) is 48.0 Å². The van der Waals surface area contributed by atoms with Crippen molar-refractivity contribution in [3.63, 3.8) is 0 Å². The molecule has 1 N–H and O–H groups in total. The summed E-state index contributed by atoms with van der Waals surface area (Å²) in [5.74, 6) is 0. The summed E-state index contributed by atoms with van der Waals surface area (Å²) in [6.07, 6.45) is 3.83. The summed E-state index contributed by atoms with van der Waals surface area (Å²) >= 11 is 0. The molecule has 2 nitrogen and oxygen atoms in total. The van der Waals surface area contributed by atoms with Gasteiger partial charge in [-0.2, -0.15) is 0 Å². The first-order valence-corrected chi connectivity index (χ1v) is 7.46. The van der Waals surface area contributed by atoms with Crippen molar-refractivity contribution in [3.8, 4) is 0 Å². The zero-order valence-corrected chi connectivity index (χ0v) is 12.7. The molecule has 0 saturated carbocycles. The van der Waals surface area contributed by atoms with Crippen LogP contribution >= 0.6 is 0 Å². The highest BCUT2D eigenvalue weighted by atomic mass is 16.5. The molecule has 0 spiro atoms. The monoisotopic (exact) mass is 274 g/mol. The minimum absolute atomic E-state index is 0.272. The van der Waals surface area contributed by atoms with E-state index in [4.69, 9.17) is 4.74 Å². The highest BCUT2D eigenvalue weighted by molar-refractivity contribution is 5.16. The smallest absolute Gasteiger partial charge is 0.0715 e. The second kappa shape index (κ2) is 6.11. The lowest BCUT2D eigenvalue weighted by atomic mass is 9.79. The number of ether oxygens (including phenoxy) is 1. The molecule has 0 aliphatic carbocycles. The summed E-state index contributed by atoms with van der Waals surface area (Å²) < 4.78 is 5.87. The molecule has 110 valence electrons. The van der Waals surface area contributed by atoms with Crippen LogP contribution in [0.3, 0.4) is 0 Å². The molecule has 1 fully saturated rings. The third kappa shape index (κ3) is 4.46. The molecule has 1 saturated heterocycles. The van der Waals surface area contributed by atoms with Gasteiger partial charge in [0.05, 0.1) is 17.8 Å². The normalized spacial score (nSPS) is 26.9. The van der Waals surface area contributed by atoms with Crippen molar-refractivity contribution in [1.29, 1.82) is 0 Å². The van der Waals surface area contributed by atoms with Crippen molar-refractivity contribution in [2.45, 2.75) is 57.2 Å². The van der Waals surface area contributed by atoms with E-state index in [2.05, 4.69) is 32.6 Å². The zero-order valence-electron chi connectivity index (χ0n) is 12.7. The zero-order chi connectivity index (χ0) is 14.6. The first-order chi connectivity index (χ1) is 9.39. The fourth-order valence-corrected chi connectivity index (χ4v) is 3.13. The Bertz CT molecular complexity index is 450. The molecule has 0 aromatic heterocycles. The van der Waals surface area contributed by atoms with Crippen LogP contribution < -0.4 is 0 Å². The summed E-state index contributed by atoms with van der Waals surface area (Å²) in [6, 6.07) is 10.3. The Labute approximate surface area is 122 Å². The van der Waals surface area contributed by atoms with E-state index in [-0.39, 0.29) is 5.60 Å². The van der Waals surface area contributed by atoms with Gasteiger partial charge in [0.2, 0.25) is 0 Å². The number of rotatable bonds is 3. The maximum atomic E-state index is 11.0. The molecule has 1 aromatic rings. The fraction of sp³-hybridized carbons (Fsp3) is 0.556. The third-order valence-electron chi connectivity index (χ3n) is 4.00. The molecule has 1 heterocycles. The summed E-state index contributed by atoms with van der Waals surface area (Å²) in [4.78, 5) is 0. The van der Waals surface area contributed by atoms with Crippen LogP contribution in [0, 0.1) is 0 Å². The standard InChI is InChI=1S/C18H26O2/c1-15-10-12-20-17(2,3)14-18(19,13-15)11-9-16-7-5-4-6-8-16/h4-8,19H,1,9-14H2,2-3H3. The average Bonchev–Trinajstić information content (AvgIpc) is 2.35. The second-order valence-corrected chi connectivity index (χ2v) is 6.67. The topological polar surface area (TPSA) is 29.5 Å². The van der Waals surface area contributed by atoms with Gasteiger partial charge in [-0.05, 0) is 45.1 Å². The van der Waals surface area contributed by atoms with Gasteiger partial charge in [0.1, 0.15) is 0 Å². The van der Waals surface area contributed by atoms with Gasteiger partial charge in [-0.25, -0.2) is 0 Å². The summed E-state index contributed by atoms with van der Waals surface area (Å²) in [6.45, 7) is 8.91. The Morgan fingerprint density at radius 3 is 2.65 bits per heavy atom. The molecule has 1 aromatic carbocycles. The van der Waals surface area contributed by atoms with Crippen LogP contribution in [0.5, 0.6) is 0 Å². The van der Waals surface area contributed by atoms with Crippen molar-refractivity contribution < 1.29 is 9.84 Å². The van der Waals surface area contributed by atoms with Gasteiger partial charge in [0, 0.05) is 6.42 Å². The van der Waals surface area contributed by atoms with Crippen molar-refractivity contribution >= 4 is 0 Å². The molecule has 2 heteroatoms. The van der Waals surface area contributed by atoms with Gasteiger partial charge in [-0.3, -0.25) is 0 Å². The third-order valence-corrected chi connectivity index (χ3v) is 4.00. The van der Waals surface area contributed by atoms with E-state index in [0.29, 0.717) is 19.4 Å². The Hall–Kier alpha value is -1.12. The van der Waals surface area contributed by atoms with Crippen molar-refractivity contribution in [2.75, 3.05) is 6.61 Å². The minimum atomic E-state index is -0.711. The summed E-state index contributed by atoms with van der Waals surface area (Å²) in [5, 5.41) is 11.0. The lowest BCUT2D eigenvalue weighted by Gasteiger charge is -2.39. The predicted molar refractivity (Wildman–Crippen MR) is 82.7 cm³/mol. The molecule has 1 unspecified atom stereocenters. The Morgan fingerprint density at radius 2 is 1.95 bits per heavy atom. The van der Waals surface area contributed by atoms with E-state index in [9.17, 15) is 5.11 Å². The van der Waals surface area contributed by atoms with Gasteiger partial charge in [0.25, 0.3) is 0 Å². The molecular formula is C18H26O2. The summed E-state index contributed by atoms with van der Waals surface area (Å²) in [5.41, 5.74) is 1.38. The highest BCUT2D eigenvalue weighted by Crippen LogP contribution is 2.35. The van der Waals surface area contributed by atoms with Crippen LogP contribution in [0.15, 0.2) is 42.5 Å². The molecule has 0 amide bonds. The van der Waals surface area contributed by atoms with Gasteiger partial charge in [0.15, 0.2) is 0 Å². The average molecular weight is 274 g/mol. The maximum absolute atomic E-state index is 11.0. The van der Waals surface area contributed by atoms with Crippen molar-refractivity contribution in [1.82, 2.24) is 0 Å². The van der Waals surface area contributed by atoms with E-state index >= 15 is 0 Å². The predicted octanol–water partition coefficient (Wildman–Crippen LogP) is 3.89. The molecule has 1 aliphatic rings. The molecule has 1 atom stereocenters. The van der Waals surface area contributed by atoms with Crippen molar-refractivity contribution in [2.24, 2.45) is 0 Å². The quantitative estimate of drug-likeness (QED) is 0.847. The first-order valence-electron chi connectivity index (χ1n) is 7.46. The van der Waals surface area contributed by atoms with Gasteiger partial charge in [-0.1, -0.05) is 42.5 Å². The van der Waals surface area contributed by atoms with Gasteiger partial charge in [-0.15, -0.1) is 0 Å². The van der Waals surface area contributed by atoms with Crippen LogP contribution in [0.25, 0.3) is 0 Å². The van der Waals surface area contributed by atoms with Crippen LogP contribution in [-0.4, -0.2) is 22.9 Å². The van der Waals surface area contributed by atoms with Crippen LogP contribution in [0.4, 0.5) is 0 Å². The van der Waals surface area contributed by atoms with E-state index in [0.717, 1.165) is 24.8 Å². The molecule has 20 heavy (non-hydrogen) atoms. The Morgan fingerprint density at radius 1 is 1.25 bits per heavy atom. The fourth-order valence-electron chi connectivity index (χ4n) is 3.13. The summed E-state index contributed by atoms with van der Waals surface area (Å²) in [7, 11) is 0. The van der Waals surface area contributed by atoms with E-state index in [1.54, 1.807) is 0 Å². The SMILES string of the molecule is C=C1CCOC(C)(C)CC(O)(CCc2ccccc2)C1. The lowest BCUT2D eigenvalue weighted by Crippen LogP contribution is -2.42. The van der Waals surface area contributed by atoms with E-state index < -0.39 is 5.60 Å². The molecule has 0 radical (unpaired) electrons. The number of hydrogen-bond acceptors (Lipinski definition) is 2. The largest absolute Gasteiger partial charge is 0.389 e. The van der Waals surface area contributed by atoms with Crippen LogP contribution in [-0.2, 0) is 11.2 Å². The van der Waals surface area contributed by atoms with E-state index in [1.165, 1.54) is 5.56 Å². The van der Waals surface area contributed by atoms with Crippen LogP contribution in [0.1, 0.15) is 45.1 Å².